The zero-order chi connectivity index (χ0) is 17.5. The van der Waals surface area contributed by atoms with Crippen LogP contribution >= 0.6 is 11.8 Å². The van der Waals surface area contributed by atoms with Crippen molar-refractivity contribution in [3.63, 3.8) is 0 Å². The first kappa shape index (κ1) is 20.6. The Morgan fingerprint density at radius 2 is 2.13 bits per heavy atom. The molecule has 0 bridgehead atoms. The van der Waals surface area contributed by atoms with E-state index < -0.39 is 5.60 Å². The highest BCUT2D eigenvalue weighted by Gasteiger charge is 2.31. The normalized spacial score (nSPS) is 21.8. The Labute approximate surface area is 145 Å². The number of hydrogen-bond acceptors (Lipinski definition) is 5. The van der Waals surface area contributed by atoms with Crippen LogP contribution in [0.2, 0.25) is 0 Å². The van der Waals surface area contributed by atoms with Crippen molar-refractivity contribution >= 4 is 17.9 Å². The molecule has 1 aliphatic rings. The smallest absolute Gasteiger partial charge is 0.410 e. The van der Waals surface area contributed by atoms with Crippen LogP contribution in [0.4, 0.5) is 4.79 Å². The van der Waals surface area contributed by atoms with Crippen LogP contribution in [0.3, 0.4) is 0 Å². The Morgan fingerprint density at radius 3 is 2.74 bits per heavy atom. The molecule has 0 aromatic rings. The van der Waals surface area contributed by atoms with E-state index in [0.717, 1.165) is 19.4 Å². The summed E-state index contributed by atoms with van der Waals surface area (Å²) in [6.45, 7) is 12.9. The fraction of sp³-hybridized carbons (Fsp3) is 0.941. The van der Waals surface area contributed by atoms with Crippen molar-refractivity contribution in [3.8, 4) is 0 Å². The molecule has 0 aromatic carbocycles. The predicted octanol–water partition coefficient (Wildman–Crippen LogP) is 3.13. The molecule has 1 N–H and O–H groups in total. The summed E-state index contributed by atoms with van der Waals surface area (Å²) in [6.07, 6.45) is 3.95. The van der Waals surface area contributed by atoms with Gasteiger partial charge in [-0.15, -0.1) is 0 Å². The molecule has 3 atom stereocenters. The SMILES string of the molecule is CSC(C)CCNC(C)CC1COCCN1C(=O)OC(C)(C)C. The van der Waals surface area contributed by atoms with Crippen LogP contribution < -0.4 is 5.32 Å². The van der Waals surface area contributed by atoms with Gasteiger partial charge in [-0.05, 0) is 53.3 Å². The van der Waals surface area contributed by atoms with E-state index in [4.69, 9.17) is 9.47 Å². The van der Waals surface area contributed by atoms with Crippen molar-refractivity contribution in [2.75, 3.05) is 32.6 Å². The Bertz CT molecular complexity index is 360. The molecule has 5 nitrogen and oxygen atoms in total. The second-order valence-electron chi connectivity index (χ2n) is 7.33. The molecule has 0 saturated carbocycles. The lowest BCUT2D eigenvalue weighted by molar-refractivity contribution is -0.0355. The van der Waals surface area contributed by atoms with Crippen LogP contribution in [0.15, 0.2) is 0 Å². The minimum Gasteiger partial charge on any atom is -0.444 e. The first-order valence-corrected chi connectivity index (χ1v) is 9.85. The van der Waals surface area contributed by atoms with Gasteiger partial charge >= 0.3 is 6.09 Å². The zero-order valence-corrected chi connectivity index (χ0v) is 16.4. The number of rotatable bonds is 7. The third-order valence-corrected chi connectivity index (χ3v) is 4.97. The van der Waals surface area contributed by atoms with Gasteiger partial charge < -0.3 is 19.7 Å². The van der Waals surface area contributed by atoms with Crippen molar-refractivity contribution in [1.82, 2.24) is 10.2 Å². The van der Waals surface area contributed by atoms with Gasteiger partial charge in [0.2, 0.25) is 0 Å². The summed E-state index contributed by atoms with van der Waals surface area (Å²) in [5.41, 5.74) is -0.461. The van der Waals surface area contributed by atoms with Crippen LogP contribution in [0, 0.1) is 0 Å². The number of carbonyl (C=O) groups excluding carboxylic acids is 1. The summed E-state index contributed by atoms with van der Waals surface area (Å²) in [5.74, 6) is 0. The van der Waals surface area contributed by atoms with E-state index in [1.165, 1.54) is 0 Å². The van der Waals surface area contributed by atoms with Crippen LogP contribution in [0.5, 0.6) is 0 Å². The average Bonchev–Trinajstić information content (AvgIpc) is 2.45. The van der Waals surface area contributed by atoms with Gasteiger partial charge in [0.05, 0.1) is 19.3 Å². The Kier molecular flexibility index (Phi) is 8.72. The van der Waals surface area contributed by atoms with Crippen molar-refractivity contribution in [1.29, 1.82) is 0 Å². The number of morpholine rings is 1. The van der Waals surface area contributed by atoms with Gasteiger partial charge in [-0.25, -0.2) is 4.79 Å². The summed E-state index contributed by atoms with van der Waals surface area (Å²) < 4.78 is 11.1. The summed E-state index contributed by atoms with van der Waals surface area (Å²) in [4.78, 5) is 14.2. The van der Waals surface area contributed by atoms with E-state index in [9.17, 15) is 4.79 Å². The van der Waals surface area contributed by atoms with E-state index in [2.05, 4.69) is 25.4 Å². The molecule has 1 rings (SSSR count). The zero-order valence-electron chi connectivity index (χ0n) is 15.6. The van der Waals surface area contributed by atoms with E-state index in [1.807, 2.05) is 37.4 Å². The maximum atomic E-state index is 12.4. The minimum absolute atomic E-state index is 0.0825. The maximum Gasteiger partial charge on any atom is 0.410 e. The Morgan fingerprint density at radius 1 is 1.43 bits per heavy atom. The summed E-state index contributed by atoms with van der Waals surface area (Å²) >= 11 is 1.89. The minimum atomic E-state index is -0.461. The molecule has 1 saturated heterocycles. The molecule has 6 heteroatoms. The number of hydrogen-bond donors (Lipinski definition) is 1. The fourth-order valence-electron chi connectivity index (χ4n) is 2.55. The lowest BCUT2D eigenvalue weighted by atomic mass is 10.1. The largest absolute Gasteiger partial charge is 0.444 e. The average molecular weight is 347 g/mol. The number of amides is 1. The van der Waals surface area contributed by atoms with Gasteiger partial charge in [0.15, 0.2) is 0 Å². The molecular weight excluding hydrogens is 312 g/mol. The van der Waals surface area contributed by atoms with Crippen LogP contribution in [-0.2, 0) is 9.47 Å². The van der Waals surface area contributed by atoms with Crippen molar-refractivity contribution in [3.05, 3.63) is 0 Å². The highest BCUT2D eigenvalue weighted by atomic mass is 32.2. The van der Waals surface area contributed by atoms with Gasteiger partial charge in [-0.3, -0.25) is 0 Å². The summed E-state index contributed by atoms with van der Waals surface area (Å²) in [6, 6.07) is 0.430. The third kappa shape index (κ3) is 8.27. The molecule has 3 unspecified atom stereocenters. The van der Waals surface area contributed by atoms with Gasteiger partial charge in [-0.2, -0.15) is 11.8 Å². The predicted molar refractivity (Wildman–Crippen MR) is 97.2 cm³/mol. The van der Waals surface area contributed by atoms with Crippen LogP contribution in [0.25, 0.3) is 0 Å². The lowest BCUT2D eigenvalue weighted by Crippen LogP contribution is -2.52. The van der Waals surface area contributed by atoms with Crippen LogP contribution in [0.1, 0.15) is 47.5 Å². The van der Waals surface area contributed by atoms with Gasteiger partial charge in [0.25, 0.3) is 0 Å². The molecule has 1 heterocycles. The lowest BCUT2D eigenvalue weighted by Gasteiger charge is -2.37. The molecule has 1 aliphatic heterocycles. The molecule has 23 heavy (non-hydrogen) atoms. The fourth-order valence-corrected chi connectivity index (χ4v) is 2.91. The molecule has 0 spiro atoms. The van der Waals surface area contributed by atoms with Gasteiger partial charge in [0, 0.05) is 17.8 Å². The number of carbonyl (C=O) groups is 1. The quantitative estimate of drug-likeness (QED) is 0.767. The second kappa shape index (κ2) is 9.74. The van der Waals surface area contributed by atoms with E-state index in [0.29, 0.717) is 31.1 Å². The Balaban J connectivity index is 2.46. The summed E-state index contributed by atoms with van der Waals surface area (Å²) in [7, 11) is 0. The van der Waals surface area contributed by atoms with Crippen molar-refractivity contribution < 1.29 is 14.3 Å². The molecule has 0 radical (unpaired) electrons. The highest BCUT2D eigenvalue weighted by molar-refractivity contribution is 7.99. The maximum absolute atomic E-state index is 12.4. The van der Waals surface area contributed by atoms with Gasteiger partial charge in [0.1, 0.15) is 5.60 Å². The van der Waals surface area contributed by atoms with E-state index >= 15 is 0 Å². The molecule has 0 aromatic heterocycles. The first-order chi connectivity index (χ1) is 10.7. The standard InChI is InChI=1S/C17H34N2O3S/c1-13(18-8-7-14(2)23-6)11-15-12-21-10-9-19(15)16(20)22-17(3,4)5/h13-15,18H,7-12H2,1-6H3. The van der Waals surface area contributed by atoms with Crippen molar-refractivity contribution in [2.24, 2.45) is 0 Å². The first-order valence-electron chi connectivity index (χ1n) is 8.56. The second-order valence-corrected chi connectivity index (χ2v) is 8.60. The Hall–Kier alpha value is -0.460. The third-order valence-electron chi connectivity index (χ3n) is 3.93. The number of ether oxygens (including phenoxy) is 2. The molecule has 1 amide bonds. The van der Waals surface area contributed by atoms with E-state index in [1.54, 1.807) is 0 Å². The highest BCUT2D eigenvalue weighted by Crippen LogP contribution is 2.18. The summed E-state index contributed by atoms with van der Waals surface area (Å²) in [5, 5.41) is 4.23. The molecular formula is C17H34N2O3S. The number of nitrogens with one attached hydrogen (secondary N) is 1. The molecule has 0 aliphatic carbocycles. The van der Waals surface area contributed by atoms with Crippen LogP contribution in [-0.4, -0.2) is 66.5 Å². The topological polar surface area (TPSA) is 50.8 Å². The molecule has 136 valence electrons. The number of nitrogens with zero attached hydrogens (tertiary/aromatic N) is 1. The monoisotopic (exact) mass is 346 g/mol. The van der Waals surface area contributed by atoms with Crippen molar-refractivity contribution in [2.45, 2.75) is 70.4 Å². The number of thioether (sulfide) groups is 1. The van der Waals surface area contributed by atoms with Gasteiger partial charge in [-0.1, -0.05) is 6.92 Å². The molecule has 1 fully saturated rings. The van der Waals surface area contributed by atoms with E-state index in [-0.39, 0.29) is 12.1 Å².